The van der Waals surface area contributed by atoms with Crippen LogP contribution in [0, 0.1) is 5.82 Å². The number of rotatable bonds is 6. The Morgan fingerprint density at radius 3 is 2.89 bits per heavy atom. The van der Waals surface area contributed by atoms with Crippen LogP contribution in [0.15, 0.2) is 65.9 Å². The van der Waals surface area contributed by atoms with Gasteiger partial charge in [0.25, 0.3) is 5.91 Å². The molecule has 1 atom stereocenters. The fourth-order valence-corrected chi connectivity index (χ4v) is 3.15. The van der Waals surface area contributed by atoms with Crippen molar-refractivity contribution in [3.63, 3.8) is 0 Å². The van der Waals surface area contributed by atoms with E-state index in [-0.39, 0.29) is 11.7 Å². The highest BCUT2D eigenvalue weighted by molar-refractivity contribution is 5.94. The molecule has 1 amide bonds. The Hall–Kier alpha value is -3.48. The molecule has 2 heterocycles. The molecule has 0 bridgehead atoms. The van der Waals surface area contributed by atoms with Crippen molar-refractivity contribution in [2.75, 3.05) is 0 Å². The van der Waals surface area contributed by atoms with Gasteiger partial charge in [-0.25, -0.2) is 4.39 Å². The first-order chi connectivity index (χ1) is 13.7. The molecule has 4 rings (SSSR count). The molecule has 0 saturated carbocycles. The number of carbonyl (C=O) groups excluding carboxylic acids is 1. The van der Waals surface area contributed by atoms with E-state index in [0.29, 0.717) is 19.4 Å². The lowest BCUT2D eigenvalue weighted by atomic mass is 10.0. The number of hydrogen-bond donors (Lipinski definition) is 2. The largest absolute Gasteiger partial charge is 0.382 e. The van der Waals surface area contributed by atoms with Gasteiger partial charge in [-0.2, -0.15) is 5.10 Å². The number of amides is 1. The second kappa shape index (κ2) is 8.04. The standard InChI is InChI=1S/C21H19FN4O2/c22-17-8-4-5-14(9-17)10-18-11-19(28-26-18)21(27)23-12-16-13-24-25-20(16)15-6-2-1-3-7-15/h1-9,13,19H,10-12H2,(H,23,27)(H,24,25)/t19-/m0/s1. The molecule has 1 aromatic heterocycles. The summed E-state index contributed by atoms with van der Waals surface area (Å²) in [6.45, 7) is 0.332. The molecule has 0 spiro atoms. The van der Waals surface area contributed by atoms with Crippen LogP contribution in [0.5, 0.6) is 0 Å². The molecule has 1 aliphatic rings. The van der Waals surface area contributed by atoms with Crippen molar-refractivity contribution in [2.45, 2.75) is 25.5 Å². The summed E-state index contributed by atoms with van der Waals surface area (Å²) in [6, 6.07) is 16.1. The molecule has 28 heavy (non-hydrogen) atoms. The number of halogens is 1. The van der Waals surface area contributed by atoms with Gasteiger partial charge in [0.1, 0.15) is 5.82 Å². The van der Waals surface area contributed by atoms with Gasteiger partial charge >= 0.3 is 0 Å². The van der Waals surface area contributed by atoms with Crippen molar-refractivity contribution >= 4 is 11.6 Å². The van der Waals surface area contributed by atoms with Crippen LogP contribution in [0.4, 0.5) is 4.39 Å². The van der Waals surface area contributed by atoms with Crippen LogP contribution in [0.3, 0.4) is 0 Å². The highest BCUT2D eigenvalue weighted by atomic mass is 19.1. The van der Waals surface area contributed by atoms with E-state index >= 15 is 0 Å². The minimum absolute atomic E-state index is 0.238. The average Bonchev–Trinajstić information content (AvgIpc) is 3.36. The van der Waals surface area contributed by atoms with E-state index in [0.717, 1.165) is 28.1 Å². The molecular weight excluding hydrogens is 359 g/mol. The van der Waals surface area contributed by atoms with Crippen LogP contribution < -0.4 is 5.32 Å². The number of benzene rings is 2. The Labute approximate surface area is 161 Å². The smallest absolute Gasteiger partial charge is 0.264 e. The maximum absolute atomic E-state index is 13.3. The van der Waals surface area contributed by atoms with E-state index in [4.69, 9.17) is 4.84 Å². The summed E-state index contributed by atoms with van der Waals surface area (Å²) in [7, 11) is 0. The second-order valence-corrected chi connectivity index (χ2v) is 6.62. The van der Waals surface area contributed by atoms with Gasteiger partial charge in [-0.3, -0.25) is 9.89 Å². The van der Waals surface area contributed by atoms with Crippen molar-refractivity contribution in [1.82, 2.24) is 15.5 Å². The van der Waals surface area contributed by atoms with Gasteiger partial charge in [0.15, 0.2) is 0 Å². The third-order valence-electron chi connectivity index (χ3n) is 4.55. The third-order valence-corrected chi connectivity index (χ3v) is 4.55. The van der Waals surface area contributed by atoms with E-state index in [2.05, 4.69) is 20.7 Å². The second-order valence-electron chi connectivity index (χ2n) is 6.62. The summed E-state index contributed by atoms with van der Waals surface area (Å²) in [6.07, 6.45) is 1.88. The van der Waals surface area contributed by atoms with Crippen molar-refractivity contribution < 1.29 is 14.0 Å². The van der Waals surface area contributed by atoms with Crippen LogP contribution in [0.1, 0.15) is 17.5 Å². The van der Waals surface area contributed by atoms with Gasteiger partial charge in [0.05, 0.1) is 17.6 Å². The predicted molar refractivity (Wildman–Crippen MR) is 103 cm³/mol. The fourth-order valence-electron chi connectivity index (χ4n) is 3.15. The molecule has 7 heteroatoms. The average molecular weight is 378 g/mol. The van der Waals surface area contributed by atoms with Crippen molar-refractivity contribution in [2.24, 2.45) is 5.16 Å². The molecule has 2 aromatic carbocycles. The summed E-state index contributed by atoms with van der Waals surface area (Å²) in [5, 5.41) is 13.9. The highest BCUT2D eigenvalue weighted by Gasteiger charge is 2.28. The number of nitrogens with one attached hydrogen (secondary N) is 2. The maximum atomic E-state index is 13.3. The number of aromatic amines is 1. The van der Waals surface area contributed by atoms with Crippen LogP contribution in [-0.2, 0) is 22.6 Å². The Balaban J connectivity index is 1.32. The lowest BCUT2D eigenvalue weighted by molar-refractivity contribution is -0.131. The number of H-pyrrole nitrogens is 1. The van der Waals surface area contributed by atoms with E-state index in [1.807, 2.05) is 36.4 Å². The lowest BCUT2D eigenvalue weighted by Crippen LogP contribution is -2.34. The van der Waals surface area contributed by atoms with E-state index in [9.17, 15) is 9.18 Å². The summed E-state index contributed by atoms with van der Waals surface area (Å²) in [5.41, 5.74) is 4.28. The van der Waals surface area contributed by atoms with Crippen molar-refractivity contribution in [3.05, 3.63) is 77.7 Å². The molecule has 3 aromatic rings. The summed E-state index contributed by atoms with van der Waals surface area (Å²) in [5.74, 6) is -0.529. The van der Waals surface area contributed by atoms with Gasteiger partial charge in [-0.05, 0) is 23.3 Å². The van der Waals surface area contributed by atoms with Crippen LogP contribution in [0.2, 0.25) is 0 Å². The van der Waals surface area contributed by atoms with E-state index in [1.54, 1.807) is 12.3 Å². The predicted octanol–water partition coefficient (Wildman–Crippen LogP) is 3.22. The molecule has 142 valence electrons. The Morgan fingerprint density at radius 1 is 1.21 bits per heavy atom. The fraction of sp³-hybridized carbons (Fsp3) is 0.190. The monoisotopic (exact) mass is 378 g/mol. The maximum Gasteiger partial charge on any atom is 0.264 e. The zero-order valence-corrected chi connectivity index (χ0v) is 15.1. The molecule has 0 aliphatic carbocycles. The first-order valence-corrected chi connectivity index (χ1v) is 9.00. The summed E-state index contributed by atoms with van der Waals surface area (Å²) < 4.78 is 13.3. The molecule has 6 nitrogen and oxygen atoms in total. The highest BCUT2D eigenvalue weighted by Crippen LogP contribution is 2.21. The first kappa shape index (κ1) is 17.9. The zero-order chi connectivity index (χ0) is 19.3. The first-order valence-electron chi connectivity index (χ1n) is 9.00. The van der Waals surface area contributed by atoms with E-state index in [1.165, 1.54) is 12.1 Å². The van der Waals surface area contributed by atoms with Gasteiger partial charge in [0, 0.05) is 24.9 Å². The van der Waals surface area contributed by atoms with Gasteiger partial charge < -0.3 is 10.2 Å². The SMILES string of the molecule is O=C(NCc1cn[nH]c1-c1ccccc1)[C@@H]1CC(Cc2cccc(F)c2)=NO1. The minimum atomic E-state index is -0.671. The van der Waals surface area contributed by atoms with Crippen molar-refractivity contribution in [3.8, 4) is 11.3 Å². The van der Waals surface area contributed by atoms with Crippen LogP contribution in [0.25, 0.3) is 11.3 Å². The van der Waals surface area contributed by atoms with Gasteiger partial charge in [0.2, 0.25) is 6.10 Å². The van der Waals surface area contributed by atoms with Crippen molar-refractivity contribution in [1.29, 1.82) is 0 Å². The topological polar surface area (TPSA) is 79.4 Å². The van der Waals surface area contributed by atoms with Crippen LogP contribution >= 0.6 is 0 Å². The molecule has 1 aliphatic heterocycles. The zero-order valence-electron chi connectivity index (χ0n) is 15.1. The number of carbonyl (C=O) groups is 1. The molecule has 2 N–H and O–H groups in total. The molecular formula is C21H19FN4O2. The number of hydrogen-bond acceptors (Lipinski definition) is 4. The number of nitrogens with zero attached hydrogens (tertiary/aromatic N) is 2. The number of aromatic nitrogens is 2. The molecule has 0 saturated heterocycles. The molecule has 0 fully saturated rings. The van der Waals surface area contributed by atoms with E-state index < -0.39 is 6.10 Å². The summed E-state index contributed by atoms with van der Waals surface area (Å²) >= 11 is 0. The Bertz CT molecular complexity index is 1000. The quantitative estimate of drug-likeness (QED) is 0.691. The third kappa shape index (κ3) is 4.09. The number of oxime groups is 1. The van der Waals surface area contributed by atoms with Gasteiger partial charge in [-0.1, -0.05) is 47.6 Å². The Morgan fingerprint density at radius 2 is 2.07 bits per heavy atom. The minimum Gasteiger partial charge on any atom is -0.382 e. The summed E-state index contributed by atoms with van der Waals surface area (Å²) in [4.78, 5) is 17.7. The van der Waals surface area contributed by atoms with Gasteiger partial charge in [-0.15, -0.1) is 0 Å². The normalized spacial score (nSPS) is 15.8. The Kier molecular flexibility index (Phi) is 5.14. The molecule has 0 unspecified atom stereocenters. The van der Waals surface area contributed by atoms with Crippen LogP contribution in [-0.4, -0.2) is 27.9 Å². The molecule has 0 radical (unpaired) electrons. The lowest BCUT2D eigenvalue weighted by Gasteiger charge is -2.10.